The third kappa shape index (κ3) is 4.45. The first kappa shape index (κ1) is 18.9. The molecule has 0 spiro atoms. The molecule has 0 aliphatic carbocycles. The first-order valence-electron chi connectivity index (χ1n) is 8.01. The van der Waals surface area contributed by atoms with Crippen LogP contribution in [-0.2, 0) is 0 Å². The van der Waals surface area contributed by atoms with Gasteiger partial charge in [-0.1, -0.05) is 65.7 Å². The zero-order valence-electron chi connectivity index (χ0n) is 13.9. The van der Waals surface area contributed by atoms with Gasteiger partial charge in [0, 0.05) is 16.1 Å². The van der Waals surface area contributed by atoms with Crippen molar-refractivity contribution in [1.29, 1.82) is 0 Å². The fraction of sp³-hybridized carbons (Fsp3) is 0.0500. The summed E-state index contributed by atoms with van der Waals surface area (Å²) < 4.78 is 0. The first-order valence-corrected chi connectivity index (χ1v) is 8.76. The zero-order valence-corrected chi connectivity index (χ0v) is 15.4. The Hall–Kier alpha value is -2.89. The molecule has 1 atom stereocenters. The molecular weight excluding hydrogens is 387 g/mol. The smallest absolute Gasteiger partial charge is 0.283 e. The largest absolute Gasteiger partial charge is 0.341 e. The number of benzene rings is 3. The third-order valence-corrected chi connectivity index (χ3v) is 4.50. The van der Waals surface area contributed by atoms with Gasteiger partial charge in [0.15, 0.2) is 0 Å². The molecule has 0 bridgehead atoms. The summed E-state index contributed by atoms with van der Waals surface area (Å²) in [6.07, 6.45) is 0. The molecule has 3 rings (SSSR count). The average Bonchev–Trinajstić information content (AvgIpc) is 2.67. The quantitative estimate of drug-likeness (QED) is 0.458. The Balaban J connectivity index is 1.99. The van der Waals surface area contributed by atoms with E-state index in [-0.39, 0.29) is 16.3 Å². The van der Waals surface area contributed by atoms with Crippen LogP contribution in [0.2, 0.25) is 10.0 Å². The van der Waals surface area contributed by atoms with E-state index in [2.05, 4.69) is 5.32 Å². The normalized spacial score (nSPS) is 11.6. The molecule has 0 radical (unpaired) electrons. The average molecular weight is 401 g/mol. The highest BCUT2D eigenvalue weighted by atomic mass is 35.5. The Morgan fingerprint density at radius 1 is 0.889 bits per heavy atom. The Kier molecular flexibility index (Phi) is 5.74. The van der Waals surface area contributed by atoms with E-state index in [4.69, 9.17) is 23.2 Å². The molecule has 0 aromatic heterocycles. The summed E-state index contributed by atoms with van der Waals surface area (Å²) in [6.45, 7) is 0. The second-order valence-electron chi connectivity index (χ2n) is 5.79. The lowest BCUT2D eigenvalue weighted by molar-refractivity contribution is -0.385. The molecule has 0 saturated carbocycles. The molecule has 3 aromatic carbocycles. The van der Waals surface area contributed by atoms with Crippen molar-refractivity contribution in [2.24, 2.45) is 0 Å². The number of rotatable bonds is 5. The van der Waals surface area contributed by atoms with Crippen molar-refractivity contribution in [3.8, 4) is 0 Å². The van der Waals surface area contributed by atoms with Gasteiger partial charge in [0.05, 0.1) is 11.0 Å². The minimum atomic E-state index is -0.624. The molecule has 5 nitrogen and oxygen atoms in total. The van der Waals surface area contributed by atoms with Gasteiger partial charge in [-0.15, -0.1) is 0 Å². The molecular formula is C20H14Cl2N2O3. The monoisotopic (exact) mass is 400 g/mol. The van der Waals surface area contributed by atoms with E-state index in [9.17, 15) is 14.9 Å². The Morgan fingerprint density at radius 2 is 1.48 bits per heavy atom. The van der Waals surface area contributed by atoms with Crippen LogP contribution in [0, 0.1) is 10.1 Å². The molecule has 3 aromatic rings. The summed E-state index contributed by atoms with van der Waals surface area (Å²) in [6, 6.07) is 19.8. The van der Waals surface area contributed by atoms with Crippen molar-refractivity contribution < 1.29 is 9.72 Å². The fourth-order valence-electron chi connectivity index (χ4n) is 2.72. The molecule has 1 unspecified atom stereocenters. The number of hydrogen-bond donors (Lipinski definition) is 1. The van der Waals surface area contributed by atoms with Crippen LogP contribution in [0.5, 0.6) is 0 Å². The maximum absolute atomic E-state index is 12.8. The van der Waals surface area contributed by atoms with Crippen LogP contribution < -0.4 is 5.32 Å². The van der Waals surface area contributed by atoms with Crippen LogP contribution in [0.15, 0.2) is 72.8 Å². The van der Waals surface area contributed by atoms with Crippen molar-refractivity contribution in [3.63, 3.8) is 0 Å². The number of amides is 1. The molecule has 7 heteroatoms. The zero-order chi connectivity index (χ0) is 19.4. The van der Waals surface area contributed by atoms with Gasteiger partial charge in [0.1, 0.15) is 5.56 Å². The summed E-state index contributed by atoms with van der Waals surface area (Å²) in [5.74, 6) is -0.567. The van der Waals surface area contributed by atoms with Crippen molar-refractivity contribution in [2.75, 3.05) is 0 Å². The summed E-state index contributed by atoms with van der Waals surface area (Å²) >= 11 is 11.8. The van der Waals surface area contributed by atoms with Gasteiger partial charge in [-0.25, -0.2) is 0 Å². The molecule has 0 aliphatic heterocycles. The maximum atomic E-state index is 12.8. The van der Waals surface area contributed by atoms with Crippen LogP contribution in [0.4, 0.5) is 5.69 Å². The fourth-order valence-corrected chi connectivity index (χ4v) is 3.01. The maximum Gasteiger partial charge on any atom is 0.283 e. The standard InChI is InChI=1S/C20H14Cl2N2O3/c21-15-8-6-14(7-9-15)19(13-4-2-1-3-5-13)23-20(25)17-11-10-16(22)12-18(17)24(26)27/h1-12,19H,(H,23,25). The molecule has 136 valence electrons. The molecule has 0 saturated heterocycles. The van der Waals surface area contributed by atoms with E-state index in [0.29, 0.717) is 5.02 Å². The van der Waals surface area contributed by atoms with Crippen molar-refractivity contribution >= 4 is 34.8 Å². The van der Waals surface area contributed by atoms with E-state index < -0.39 is 16.9 Å². The number of nitro benzene ring substituents is 1. The number of carbonyl (C=O) groups excluding carboxylic acids is 1. The van der Waals surface area contributed by atoms with E-state index in [1.807, 2.05) is 30.3 Å². The van der Waals surface area contributed by atoms with E-state index in [1.165, 1.54) is 12.1 Å². The topological polar surface area (TPSA) is 72.2 Å². The molecule has 0 fully saturated rings. The number of nitrogens with zero attached hydrogens (tertiary/aromatic N) is 1. The lowest BCUT2D eigenvalue weighted by atomic mass is 9.98. The van der Waals surface area contributed by atoms with Crippen LogP contribution in [-0.4, -0.2) is 10.8 Å². The summed E-state index contributed by atoms with van der Waals surface area (Å²) in [7, 11) is 0. The second-order valence-corrected chi connectivity index (χ2v) is 6.66. The first-order chi connectivity index (χ1) is 13.0. The number of nitrogens with one attached hydrogen (secondary N) is 1. The third-order valence-electron chi connectivity index (χ3n) is 4.01. The highest BCUT2D eigenvalue weighted by molar-refractivity contribution is 6.31. The lowest BCUT2D eigenvalue weighted by Gasteiger charge is -2.20. The Labute approximate surface area is 165 Å². The van der Waals surface area contributed by atoms with Crippen LogP contribution >= 0.6 is 23.2 Å². The summed E-state index contributed by atoms with van der Waals surface area (Å²) in [4.78, 5) is 23.5. The van der Waals surface area contributed by atoms with Gasteiger partial charge in [-0.3, -0.25) is 14.9 Å². The number of halogens is 2. The van der Waals surface area contributed by atoms with Crippen molar-refractivity contribution in [2.45, 2.75) is 6.04 Å². The summed E-state index contributed by atoms with van der Waals surface area (Å²) in [5, 5.41) is 14.9. The van der Waals surface area contributed by atoms with Crippen molar-refractivity contribution in [3.05, 3.63) is 110 Å². The Bertz CT molecular complexity index is 976. The van der Waals surface area contributed by atoms with Gasteiger partial charge in [-0.05, 0) is 35.4 Å². The summed E-state index contributed by atoms with van der Waals surface area (Å²) in [5.41, 5.74) is 1.24. The van der Waals surface area contributed by atoms with Gasteiger partial charge in [-0.2, -0.15) is 0 Å². The molecule has 1 amide bonds. The van der Waals surface area contributed by atoms with E-state index in [1.54, 1.807) is 24.3 Å². The molecule has 1 N–H and O–H groups in total. The highest BCUT2D eigenvalue weighted by Gasteiger charge is 2.24. The van der Waals surface area contributed by atoms with Gasteiger partial charge >= 0.3 is 0 Å². The van der Waals surface area contributed by atoms with Gasteiger partial charge in [0.2, 0.25) is 0 Å². The predicted molar refractivity (Wildman–Crippen MR) is 105 cm³/mol. The highest BCUT2D eigenvalue weighted by Crippen LogP contribution is 2.27. The van der Waals surface area contributed by atoms with Gasteiger partial charge in [0.25, 0.3) is 11.6 Å². The van der Waals surface area contributed by atoms with Crippen LogP contribution in [0.3, 0.4) is 0 Å². The van der Waals surface area contributed by atoms with E-state index in [0.717, 1.165) is 17.2 Å². The predicted octanol–water partition coefficient (Wildman–Crippen LogP) is 5.42. The molecule has 27 heavy (non-hydrogen) atoms. The van der Waals surface area contributed by atoms with Crippen LogP contribution in [0.25, 0.3) is 0 Å². The molecule has 0 heterocycles. The number of hydrogen-bond acceptors (Lipinski definition) is 3. The van der Waals surface area contributed by atoms with Crippen LogP contribution in [0.1, 0.15) is 27.5 Å². The lowest BCUT2D eigenvalue weighted by Crippen LogP contribution is -2.29. The second kappa shape index (κ2) is 8.20. The minimum Gasteiger partial charge on any atom is -0.341 e. The van der Waals surface area contributed by atoms with Gasteiger partial charge < -0.3 is 5.32 Å². The molecule has 0 aliphatic rings. The van der Waals surface area contributed by atoms with Crippen molar-refractivity contribution in [1.82, 2.24) is 5.32 Å². The number of carbonyl (C=O) groups is 1. The Morgan fingerprint density at radius 3 is 2.11 bits per heavy atom. The minimum absolute atomic E-state index is 0.0562. The van der Waals surface area contributed by atoms with E-state index >= 15 is 0 Å². The number of nitro groups is 1. The SMILES string of the molecule is O=C(NC(c1ccccc1)c1ccc(Cl)cc1)c1ccc(Cl)cc1[N+](=O)[O-].